The predicted octanol–water partition coefficient (Wildman–Crippen LogP) is 2.72. The second-order valence-electron chi connectivity index (χ2n) is 7.42. The van der Waals surface area contributed by atoms with E-state index in [1.54, 1.807) is 0 Å². The number of carbonyl (C=O) groups is 2. The molecule has 4 rings (SSSR count). The summed E-state index contributed by atoms with van der Waals surface area (Å²) in [6.45, 7) is 2.48. The number of rotatable bonds is 3. The highest BCUT2D eigenvalue weighted by atomic mass is 16.2. The fourth-order valence-electron chi connectivity index (χ4n) is 4.66. The topological polar surface area (TPSA) is 40.6 Å². The maximum Gasteiger partial charge on any atom is 0.245 e. The van der Waals surface area contributed by atoms with Gasteiger partial charge in [0.15, 0.2) is 0 Å². The molecule has 0 spiro atoms. The minimum atomic E-state index is -0.202. The van der Waals surface area contributed by atoms with Crippen molar-refractivity contribution in [1.29, 1.82) is 0 Å². The molecule has 24 heavy (non-hydrogen) atoms. The largest absolute Gasteiger partial charge is 0.341 e. The second-order valence-corrected chi connectivity index (χ2v) is 7.42. The van der Waals surface area contributed by atoms with Crippen molar-refractivity contribution in [2.75, 3.05) is 19.6 Å². The highest BCUT2D eigenvalue weighted by Crippen LogP contribution is 2.36. The van der Waals surface area contributed by atoms with Crippen molar-refractivity contribution in [3.8, 4) is 0 Å². The third-order valence-corrected chi connectivity index (χ3v) is 5.95. The van der Waals surface area contributed by atoms with Crippen LogP contribution in [0.15, 0.2) is 24.3 Å². The first-order chi connectivity index (χ1) is 11.7. The lowest BCUT2D eigenvalue weighted by Crippen LogP contribution is -2.47. The monoisotopic (exact) mass is 326 g/mol. The van der Waals surface area contributed by atoms with Crippen LogP contribution in [0, 0.1) is 0 Å². The van der Waals surface area contributed by atoms with E-state index < -0.39 is 0 Å². The van der Waals surface area contributed by atoms with Crippen LogP contribution >= 0.6 is 0 Å². The van der Waals surface area contributed by atoms with E-state index in [4.69, 9.17) is 0 Å². The number of carbonyl (C=O) groups excluding carboxylic acids is 2. The first-order valence-electron chi connectivity index (χ1n) is 9.40. The van der Waals surface area contributed by atoms with Gasteiger partial charge in [0.25, 0.3) is 0 Å². The average molecular weight is 326 g/mol. The maximum atomic E-state index is 12.9. The smallest absolute Gasteiger partial charge is 0.245 e. The van der Waals surface area contributed by atoms with Gasteiger partial charge in [-0.1, -0.05) is 24.3 Å². The van der Waals surface area contributed by atoms with Crippen LogP contribution in [-0.4, -0.2) is 47.3 Å². The SMILES string of the molecule is O=C([C@@H]1CCCN1C(=O)CC1CCc2ccccc21)N1CCCC1. The van der Waals surface area contributed by atoms with Gasteiger partial charge >= 0.3 is 0 Å². The molecule has 4 nitrogen and oxygen atoms in total. The van der Waals surface area contributed by atoms with Gasteiger partial charge < -0.3 is 9.80 Å². The lowest BCUT2D eigenvalue weighted by Gasteiger charge is -2.28. The summed E-state index contributed by atoms with van der Waals surface area (Å²) in [4.78, 5) is 29.5. The number of benzene rings is 1. The summed E-state index contributed by atoms with van der Waals surface area (Å²) in [7, 11) is 0. The number of fused-ring (bicyclic) bond motifs is 1. The molecule has 1 unspecified atom stereocenters. The predicted molar refractivity (Wildman–Crippen MR) is 92.7 cm³/mol. The van der Waals surface area contributed by atoms with Crippen LogP contribution in [0.4, 0.5) is 0 Å². The van der Waals surface area contributed by atoms with E-state index in [9.17, 15) is 9.59 Å². The number of nitrogens with zero attached hydrogens (tertiary/aromatic N) is 2. The van der Waals surface area contributed by atoms with E-state index in [0.29, 0.717) is 12.3 Å². The van der Waals surface area contributed by atoms with E-state index in [1.165, 1.54) is 11.1 Å². The molecule has 0 N–H and O–H groups in total. The number of likely N-dealkylation sites (tertiary alicyclic amines) is 2. The van der Waals surface area contributed by atoms with Gasteiger partial charge in [-0.15, -0.1) is 0 Å². The van der Waals surface area contributed by atoms with Gasteiger partial charge in [0.2, 0.25) is 11.8 Å². The molecule has 2 saturated heterocycles. The molecule has 1 aromatic carbocycles. The molecule has 2 fully saturated rings. The summed E-state index contributed by atoms with van der Waals surface area (Å²) in [6, 6.07) is 8.28. The molecule has 1 aromatic rings. The Morgan fingerprint density at radius 3 is 2.62 bits per heavy atom. The molecule has 0 bridgehead atoms. The summed E-state index contributed by atoms with van der Waals surface area (Å²) < 4.78 is 0. The fraction of sp³-hybridized carbons (Fsp3) is 0.600. The van der Waals surface area contributed by atoms with Crippen LogP contribution < -0.4 is 0 Å². The van der Waals surface area contributed by atoms with E-state index in [-0.39, 0.29) is 17.9 Å². The quantitative estimate of drug-likeness (QED) is 0.857. The Bertz CT molecular complexity index is 636. The van der Waals surface area contributed by atoms with E-state index >= 15 is 0 Å². The lowest BCUT2D eigenvalue weighted by molar-refractivity contribution is -0.143. The minimum Gasteiger partial charge on any atom is -0.341 e. The molecule has 128 valence electrons. The van der Waals surface area contributed by atoms with Crippen LogP contribution in [0.2, 0.25) is 0 Å². The molecule has 2 amide bonds. The molecular formula is C20H26N2O2. The Labute approximate surface area is 143 Å². The van der Waals surface area contributed by atoms with Crippen molar-refractivity contribution in [1.82, 2.24) is 9.80 Å². The molecule has 1 aliphatic carbocycles. The van der Waals surface area contributed by atoms with Gasteiger partial charge in [-0.2, -0.15) is 0 Å². The molecule has 2 aliphatic heterocycles. The van der Waals surface area contributed by atoms with E-state index in [1.807, 2.05) is 9.80 Å². The van der Waals surface area contributed by atoms with Gasteiger partial charge in [-0.3, -0.25) is 9.59 Å². The van der Waals surface area contributed by atoms with E-state index in [0.717, 1.165) is 58.2 Å². The highest BCUT2D eigenvalue weighted by Gasteiger charge is 2.38. The summed E-state index contributed by atoms with van der Waals surface area (Å²) >= 11 is 0. The number of aryl methyl sites for hydroxylation is 1. The van der Waals surface area contributed by atoms with Gasteiger partial charge in [-0.25, -0.2) is 0 Å². The normalized spacial score (nSPS) is 26.0. The minimum absolute atomic E-state index is 0.173. The van der Waals surface area contributed by atoms with Crippen molar-refractivity contribution < 1.29 is 9.59 Å². The molecule has 3 aliphatic rings. The summed E-state index contributed by atoms with van der Waals surface area (Å²) in [5.74, 6) is 0.689. The third-order valence-electron chi connectivity index (χ3n) is 5.95. The van der Waals surface area contributed by atoms with Crippen molar-refractivity contribution in [2.45, 2.75) is 56.9 Å². The molecule has 0 radical (unpaired) electrons. The first-order valence-corrected chi connectivity index (χ1v) is 9.40. The van der Waals surface area contributed by atoms with Crippen molar-refractivity contribution in [3.05, 3.63) is 35.4 Å². The molecule has 0 saturated carbocycles. The molecular weight excluding hydrogens is 300 g/mol. The number of amides is 2. The molecule has 2 atom stereocenters. The van der Waals surface area contributed by atoms with Gasteiger partial charge in [0, 0.05) is 26.1 Å². The Kier molecular flexibility index (Phi) is 4.30. The standard InChI is InChI=1S/C20H26N2O2/c23-19(14-16-10-9-15-6-1-2-7-17(15)16)22-13-5-8-18(22)20(24)21-11-3-4-12-21/h1-2,6-7,16,18H,3-5,8-14H2/t16?,18-/m0/s1. The zero-order valence-corrected chi connectivity index (χ0v) is 14.2. The fourth-order valence-corrected chi connectivity index (χ4v) is 4.66. The lowest BCUT2D eigenvalue weighted by atomic mass is 9.97. The maximum absolute atomic E-state index is 12.9. The number of hydrogen-bond donors (Lipinski definition) is 0. The third kappa shape index (κ3) is 2.83. The Balaban J connectivity index is 1.43. The van der Waals surface area contributed by atoms with Crippen LogP contribution in [0.1, 0.15) is 55.6 Å². The summed E-state index contributed by atoms with van der Waals surface area (Å²) in [6.07, 6.45) is 6.69. The zero-order chi connectivity index (χ0) is 16.5. The van der Waals surface area contributed by atoms with Crippen molar-refractivity contribution >= 4 is 11.8 Å². The van der Waals surface area contributed by atoms with Gasteiger partial charge in [0.1, 0.15) is 6.04 Å². The van der Waals surface area contributed by atoms with Crippen LogP contribution in [-0.2, 0) is 16.0 Å². The molecule has 2 heterocycles. The number of hydrogen-bond acceptors (Lipinski definition) is 2. The van der Waals surface area contributed by atoms with Crippen LogP contribution in [0.3, 0.4) is 0 Å². The van der Waals surface area contributed by atoms with Gasteiger partial charge in [0.05, 0.1) is 0 Å². The Morgan fingerprint density at radius 1 is 1.00 bits per heavy atom. The zero-order valence-electron chi connectivity index (χ0n) is 14.2. The Hall–Kier alpha value is -1.84. The van der Waals surface area contributed by atoms with E-state index in [2.05, 4.69) is 24.3 Å². The van der Waals surface area contributed by atoms with Crippen molar-refractivity contribution in [2.24, 2.45) is 0 Å². The first kappa shape index (κ1) is 15.7. The average Bonchev–Trinajstić information content (AvgIpc) is 3.35. The second kappa shape index (κ2) is 6.58. The van der Waals surface area contributed by atoms with Crippen molar-refractivity contribution in [3.63, 3.8) is 0 Å². The molecule has 0 aromatic heterocycles. The van der Waals surface area contributed by atoms with Crippen LogP contribution in [0.5, 0.6) is 0 Å². The summed E-state index contributed by atoms with van der Waals surface area (Å²) in [5.41, 5.74) is 2.73. The van der Waals surface area contributed by atoms with Gasteiger partial charge in [-0.05, 0) is 55.6 Å². The summed E-state index contributed by atoms with van der Waals surface area (Å²) in [5, 5.41) is 0. The Morgan fingerprint density at radius 2 is 1.79 bits per heavy atom. The molecule has 4 heteroatoms. The van der Waals surface area contributed by atoms with Crippen LogP contribution in [0.25, 0.3) is 0 Å². The highest BCUT2D eigenvalue weighted by molar-refractivity contribution is 5.88.